The van der Waals surface area contributed by atoms with Crippen molar-refractivity contribution in [1.82, 2.24) is 0 Å². The number of halogens is 3. The lowest BCUT2D eigenvalue weighted by molar-refractivity contribution is -0.384. The van der Waals surface area contributed by atoms with Crippen molar-refractivity contribution < 1.29 is 37.6 Å². The minimum absolute atomic E-state index is 0.136. The summed E-state index contributed by atoms with van der Waals surface area (Å²) in [5, 5.41) is 23.6. The monoisotopic (exact) mass is 425 g/mol. The highest BCUT2D eigenvalue weighted by Gasteiger charge is 2.33. The number of carboxylic acid groups (broad SMARTS) is 1. The zero-order valence-electron chi connectivity index (χ0n) is 15.2. The number of carbonyl (C=O) groups excluding carboxylic acids is 2. The molecular weight excluding hydrogens is 411 g/mol. The minimum atomic E-state index is -4.76. The van der Waals surface area contributed by atoms with Crippen molar-refractivity contribution in [2.75, 3.05) is 10.6 Å². The molecule has 0 aliphatic carbocycles. The molecule has 0 aliphatic rings. The third kappa shape index (κ3) is 5.53. The maximum absolute atomic E-state index is 13.1. The molecule has 12 heteroatoms. The van der Waals surface area contributed by atoms with E-state index < -0.39 is 46.6 Å². The van der Waals surface area contributed by atoms with Crippen LogP contribution in [0.1, 0.15) is 27.9 Å². The van der Waals surface area contributed by atoms with Crippen LogP contribution >= 0.6 is 0 Å². The van der Waals surface area contributed by atoms with Gasteiger partial charge in [-0.15, -0.1) is 0 Å². The predicted molar refractivity (Wildman–Crippen MR) is 98.5 cm³/mol. The Bertz CT molecular complexity index is 1040. The van der Waals surface area contributed by atoms with Crippen LogP contribution in [0.15, 0.2) is 36.4 Å². The summed E-state index contributed by atoms with van der Waals surface area (Å²) in [5.74, 6) is -1.84. The van der Waals surface area contributed by atoms with Gasteiger partial charge in [0.05, 0.1) is 28.3 Å². The molecule has 0 atom stereocenters. The van der Waals surface area contributed by atoms with Gasteiger partial charge in [0.25, 0.3) is 5.69 Å². The lowest BCUT2D eigenvalue weighted by atomic mass is 10.0. The first-order valence-electron chi connectivity index (χ1n) is 8.17. The summed E-state index contributed by atoms with van der Waals surface area (Å²) in [4.78, 5) is 45.3. The van der Waals surface area contributed by atoms with Gasteiger partial charge in [0.1, 0.15) is 0 Å². The Morgan fingerprint density at radius 2 is 1.73 bits per heavy atom. The summed E-state index contributed by atoms with van der Waals surface area (Å²) in [6, 6.07) is 6.04. The Balaban J connectivity index is 2.28. The van der Waals surface area contributed by atoms with E-state index in [2.05, 4.69) is 5.32 Å². The number of non-ortho nitro benzene ring substituents is 1. The smallest absolute Gasteiger partial charge is 0.416 e. The molecule has 2 aromatic carbocycles. The van der Waals surface area contributed by atoms with E-state index in [4.69, 9.17) is 5.11 Å². The number of carbonyl (C=O) groups is 3. The average molecular weight is 425 g/mol. The Kier molecular flexibility index (Phi) is 6.40. The maximum Gasteiger partial charge on any atom is 0.416 e. The lowest BCUT2D eigenvalue weighted by Gasteiger charge is -2.17. The van der Waals surface area contributed by atoms with Gasteiger partial charge in [0.2, 0.25) is 5.91 Å². The molecule has 0 aliphatic heterocycles. The topological polar surface area (TPSA) is 139 Å². The van der Waals surface area contributed by atoms with E-state index in [-0.39, 0.29) is 22.5 Å². The summed E-state index contributed by atoms with van der Waals surface area (Å²) in [6.07, 6.45) is -7.16. The molecule has 158 valence electrons. The number of hydrogen-bond donors (Lipinski definition) is 3. The van der Waals surface area contributed by atoms with E-state index in [9.17, 15) is 37.7 Å². The molecule has 0 aromatic heterocycles. The molecule has 9 nitrogen and oxygen atoms in total. The first-order chi connectivity index (χ1) is 13.9. The van der Waals surface area contributed by atoms with Crippen LogP contribution in [0, 0.1) is 17.0 Å². The van der Waals surface area contributed by atoms with E-state index in [1.165, 1.54) is 12.1 Å². The number of hydrogen-bond acceptors (Lipinski definition) is 5. The quantitative estimate of drug-likeness (QED) is 0.274. The van der Waals surface area contributed by atoms with E-state index in [1.54, 1.807) is 0 Å². The van der Waals surface area contributed by atoms with Crippen molar-refractivity contribution in [3.05, 3.63) is 63.2 Å². The second kappa shape index (κ2) is 8.59. The highest BCUT2D eigenvalue weighted by Crippen LogP contribution is 2.37. The van der Waals surface area contributed by atoms with Crippen LogP contribution in [0.3, 0.4) is 0 Å². The van der Waals surface area contributed by atoms with Gasteiger partial charge in [0, 0.05) is 17.7 Å². The predicted octanol–water partition coefficient (Wildman–Crippen LogP) is 4.22. The Morgan fingerprint density at radius 1 is 1.10 bits per heavy atom. The van der Waals surface area contributed by atoms with Crippen LogP contribution < -0.4 is 10.6 Å². The van der Waals surface area contributed by atoms with Gasteiger partial charge in [-0.2, -0.15) is 13.2 Å². The van der Waals surface area contributed by atoms with Crippen LogP contribution in [0.5, 0.6) is 0 Å². The highest BCUT2D eigenvalue weighted by atomic mass is 19.4. The molecule has 3 N–H and O–H groups in total. The summed E-state index contributed by atoms with van der Waals surface area (Å²) < 4.78 is 39.4. The first kappa shape index (κ1) is 22.3. The van der Waals surface area contributed by atoms with Crippen LogP contribution in [0.2, 0.25) is 0 Å². The number of nitro benzene ring substituents is 1. The number of Topliss-reactive ketones (excluding diaryl/α,β-unsaturated/α-hetero) is 1. The van der Waals surface area contributed by atoms with E-state index in [0.29, 0.717) is 6.07 Å². The highest BCUT2D eigenvalue weighted by molar-refractivity contribution is 6.12. The van der Waals surface area contributed by atoms with Crippen molar-refractivity contribution in [2.24, 2.45) is 0 Å². The van der Waals surface area contributed by atoms with Crippen molar-refractivity contribution in [1.29, 1.82) is 0 Å². The van der Waals surface area contributed by atoms with Gasteiger partial charge in [-0.05, 0) is 24.6 Å². The van der Waals surface area contributed by atoms with Crippen molar-refractivity contribution >= 4 is 34.8 Å². The standard InChI is InChI=1S/C18H14F3N3O6/c1-9-5-13(23-17(27)28)14(7-12(9)18(19,20)21)22-16(26)8-15(25)10-3-2-4-11(6-10)24(29)30/h2-7,23H,8H2,1H3,(H,22,26)(H,27,28). The van der Waals surface area contributed by atoms with Gasteiger partial charge >= 0.3 is 12.3 Å². The summed E-state index contributed by atoms with van der Waals surface area (Å²) in [5.41, 5.74) is -2.70. The molecule has 0 unspecified atom stereocenters. The number of amides is 2. The van der Waals surface area contributed by atoms with Crippen LogP contribution in [0.4, 0.5) is 35.0 Å². The number of nitrogens with one attached hydrogen (secondary N) is 2. The molecule has 0 heterocycles. The van der Waals surface area contributed by atoms with Crippen LogP contribution in [-0.4, -0.2) is 27.8 Å². The summed E-state index contributed by atoms with van der Waals surface area (Å²) in [6.45, 7) is 1.12. The summed E-state index contributed by atoms with van der Waals surface area (Å²) in [7, 11) is 0. The molecule has 0 saturated heterocycles. The van der Waals surface area contributed by atoms with Gasteiger partial charge in [0.15, 0.2) is 5.78 Å². The number of rotatable bonds is 6. The number of ketones is 1. The normalized spacial score (nSPS) is 10.9. The fourth-order valence-corrected chi connectivity index (χ4v) is 2.57. The lowest BCUT2D eigenvalue weighted by Crippen LogP contribution is -2.20. The molecule has 0 spiro atoms. The minimum Gasteiger partial charge on any atom is -0.465 e. The molecule has 2 aromatic rings. The number of benzene rings is 2. The maximum atomic E-state index is 13.1. The second-order valence-electron chi connectivity index (χ2n) is 6.10. The van der Waals surface area contributed by atoms with Crippen molar-refractivity contribution in [2.45, 2.75) is 19.5 Å². The molecule has 30 heavy (non-hydrogen) atoms. The van der Waals surface area contributed by atoms with Gasteiger partial charge in [-0.3, -0.25) is 25.0 Å². The first-order valence-corrected chi connectivity index (χ1v) is 8.17. The Morgan fingerprint density at radius 3 is 2.30 bits per heavy atom. The Hall–Kier alpha value is -3.96. The fraction of sp³-hybridized carbons (Fsp3) is 0.167. The number of aryl methyl sites for hydroxylation is 1. The summed E-state index contributed by atoms with van der Waals surface area (Å²) >= 11 is 0. The average Bonchev–Trinajstić information content (AvgIpc) is 2.62. The van der Waals surface area contributed by atoms with E-state index >= 15 is 0 Å². The van der Waals surface area contributed by atoms with Crippen molar-refractivity contribution in [3.63, 3.8) is 0 Å². The largest absolute Gasteiger partial charge is 0.465 e. The van der Waals surface area contributed by atoms with E-state index in [0.717, 1.165) is 25.1 Å². The molecule has 0 radical (unpaired) electrons. The second-order valence-corrected chi connectivity index (χ2v) is 6.10. The van der Waals surface area contributed by atoms with Crippen molar-refractivity contribution in [3.8, 4) is 0 Å². The van der Waals surface area contributed by atoms with Gasteiger partial charge in [-0.25, -0.2) is 4.79 Å². The number of alkyl halides is 3. The molecule has 0 fully saturated rings. The third-order valence-electron chi connectivity index (χ3n) is 3.89. The Labute approximate surface area is 166 Å². The zero-order chi connectivity index (χ0) is 22.6. The zero-order valence-corrected chi connectivity index (χ0v) is 15.2. The van der Waals surface area contributed by atoms with E-state index in [1.807, 2.05) is 5.32 Å². The molecular formula is C18H14F3N3O6. The van der Waals surface area contributed by atoms with Crippen LogP contribution in [0.25, 0.3) is 0 Å². The third-order valence-corrected chi connectivity index (χ3v) is 3.89. The van der Waals surface area contributed by atoms with Gasteiger partial charge < -0.3 is 10.4 Å². The fourth-order valence-electron chi connectivity index (χ4n) is 2.57. The molecule has 2 rings (SSSR count). The number of nitro groups is 1. The van der Waals surface area contributed by atoms with Crippen LogP contribution in [-0.2, 0) is 11.0 Å². The molecule has 2 amide bonds. The number of nitrogens with zero attached hydrogens (tertiary/aromatic N) is 1. The van der Waals surface area contributed by atoms with Gasteiger partial charge in [-0.1, -0.05) is 12.1 Å². The SMILES string of the molecule is Cc1cc(NC(=O)O)c(NC(=O)CC(=O)c2cccc([N+](=O)[O-])c2)cc1C(F)(F)F. The number of anilines is 2. The molecule has 0 saturated carbocycles. The molecule has 0 bridgehead atoms.